The summed E-state index contributed by atoms with van der Waals surface area (Å²) in [6, 6.07) is 8.06. The van der Waals surface area contributed by atoms with Crippen LogP contribution in [0.25, 0.3) is 0 Å². The minimum absolute atomic E-state index is 0.0543. The summed E-state index contributed by atoms with van der Waals surface area (Å²) < 4.78 is 5.49. The molecule has 0 aromatic heterocycles. The highest BCUT2D eigenvalue weighted by Crippen LogP contribution is 2.50. The number of rotatable bonds is 4. The summed E-state index contributed by atoms with van der Waals surface area (Å²) in [7, 11) is 1.70. The number of benzene rings is 1. The van der Waals surface area contributed by atoms with Gasteiger partial charge in [-0.2, -0.15) is 0 Å². The van der Waals surface area contributed by atoms with Gasteiger partial charge in [-0.15, -0.1) is 0 Å². The number of nitrogens with two attached hydrogens (primary N) is 1. The van der Waals surface area contributed by atoms with Gasteiger partial charge in [-0.05, 0) is 37.3 Å². The lowest BCUT2D eigenvalue weighted by atomic mass is 9.88. The number of para-hydroxylation sites is 2. The van der Waals surface area contributed by atoms with Crippen LogP contribution in [0, 0.1) is 5.92 Å². The Morgan fingerprint density at radius 2 is 2.16 bits per heavy atom. The van der Waals surface area contributed by atoms with Crippen LogP contribution >= 0.6 is 0 Å². The predicted molar refractivity (Wildman–Crippen MR) is 77.7 cm³/mol. The van der Waals surface area contributed by atoms with E-state index in [0.29, 0.717) is 11.9 Å². The zero-order chi connectivity index (χ0) is 13.5. The van der Waals surface area contributed by atoms with Gasteiger partial charge in [0.25, 0.3) is 0 Å². The minimum atomic E-state index is 0.0543. The molecular weight excluding hydrogens is 238 g/mol. The lowest BCUT2D eigenvalue weighted by Gasteiger charge is -2.39. The highest BCUT2D eigenvalue weighted by Gasteiger charge is 2.52. The number of guanidine groups is 1. The zero-order valence-corrected chi connectivity index (χ0v) is 11.6. The first-order valence-corrected chi connectivity index (χ1v) is 6.96. The molecule has 0 saturated heterocycles. The maximum Gasteiger partial charge on any atom is 0.196 e. The molecule has 2 aliphatic rings. The van der Waals surface area contributed by atoms with Gasteiger partial charge < -0.3 is 15.4 Å². The molecular formula is C15H21N3O. The van der Waals surface area contributed by atoms with Crippen molar-refractivity contribution < 1.29 is 4.74 Å². The van der Waals surface area contributed by atoms with E-state index in [1.54, 1.807) is 7.11 Å². The van der Waals surface area contributed by atoms with E-state index < -0.39 is 0 Å². The van der Waals surface area contributed by atoms with Gasteiger partial charge in [0, 0.05) is 0 Å². The van der Waals surface area contributed by atoms with E-state index in [9.17, 15) is 0 Å². The second kappa shape index (κ2) is 4.44. The normalized spacial score (nSPS) is 26.4. The van der Waals surface area contributed by atoms with Gasteiger partial charge in [0.1, 0.15) is 5.75 Å². The van der Waals surface area contributed by atoms with Gasteiger partial charge >= 0.3 is 0 Å². The fourth-order valence-corrected chi connectivity index (χ4v) is 3.26. The third-order valence-electron chi connectivity index (χ3n) is 4.46. The van der Waals surface area contributed by atoms with E-state index in [4.69, 9.17) is 10.5 Å². The maximum atomic E-state index is 6.17. The molecule has 1 aromatic rings. The lowest BCUT2D eigenvalue weighted by molar-refractivity contribution is 0.375. The van der Waals surface area contributed by atoms with Crippen molar-refractivity contribution in [2.45, 2.75) is 31.7 Å². The van der Waals surface area contributed by atoms with Crippen LogP contribution in [-0.4, -0.2) is 25.2 Å². The van der Waals surface area contributed by atoms with E-state index in [1.165, 1.54) is 12.8 Å². The molecule has 0 amide bonds. The number of methoxy groups -OCH3 is 1. The molecule has 102 valence electrons. The van der Waals surface area contributed by atoms with Crippen LogP contribution in [0.15, 0.2) is 29.3 Å². The van der Waals surface area contributed by atoms with Crippen LogP contribution in [0.5, 0.6) is 5.75 Å². The Morgan fingerprint density at radius 1 is 1.42 bits per heavy atom. The Bertz CT molecular complexity index is 510. The Labute approximate surface area is 114 Å². The summed E-state index contributed by atoms with van der Waals surface area (Å²) >= 11 is 0. The average molecular weight is 259 g/mol. The van der Waals surface area contributed by atoms with Crippen molar-refractivity contribution in [1.29, 1.82) is 0 Å². The summed E-state index contributed by atoms with van der Waals surface area (Å²) in [4.78, 5) is 6.73. The average Bonchev–Trinajstić information content (AvgIpc) is 3.24. The largest absolute Gasteiger partial charge is 0.495 e. The second-order valence-corrected chi connectivity index (χ2v) is 5.41. The fraction of sp³-hybridized carbons (Fsp3) is 0.533. The number of aliphatic imine (C=N–C) groups is 1. The molecule has 4 nitrogen and oxygen atoms in total. The lowest BCUT2D eigenvalue weighted by Crippen LogP contribution is -2.53. The highest BCUT2D eigenvalue weighted by atomic mass is 16.5. The molecule has 1 aromatic carbocycles. The molecule has 1 saturated carbocycles. The summed E-state index contributed by atoms with van der Waals surface area (Å²) in [5.74, 6) is 2.19. The fourth-order valence-electron chi connectivity index (χ4n) is 3.26. The summed E-state index contributed by atoms with van der Waals surface area (Å²) in [5, 5.41) is 0. The SMILES string of the molecule is CCC1(C2CC2)CN=C(N)N1c1ccccc1OC. The van der Waals surface area contributed by atoms with Crippen LogP contribution in [0.2, 0.25) is 0 Å². The molecule has 0 radical (unpaired) electrons. The number of hydrogen-bond donors (Lipinski definition) is 1. The number of nitrogens with zero attached hydrogens (tertiary/aromatic N) is 2. The monoisotopic (exact) mass is 259 g/mol. The van der Waals surface area contributed by atoms with Gasteiger partial charge in [-0.1, -0.05) is 19.1 Å². The molecule has 1 aliphatic carbocycles. The van der Waals surface area contributed by atoms with Crippen molar-refractivity contribution in [1.82, 2.24) is 0 Å². The molecule has 1 heterocycles. The molecule has 19 heavy (non-hydrogen) atoms. The number of anilines is 1. The third-order valence-corrected chi connectivity index (χ3v) is 4.46. The van der Waals surface area contributed by atoms with E-state index in [2.05, 4.69) is 22.9 Å². The zero-order valence-electron chi connectivity index (χ0n) is 11.6. The van der Waals surface area contributed by atoms with Crippen molar-refractivity contribution in [3.8, 4) is 5.75 Å². The van der Waals surface area contributed by atoms with Crippen LogP contribution in [0.4, 0.5) is 5.69 Å². The minimum Gasteiger partial charge on any atom is -0.495 e. The first-order chi connectivity index (χ1) is 9.23. The predicted octanol–water partition coefficient (Wildman–Crippen LogP) is 2.39. The first-order valence-electron chi connectivity index (χ1n) is 6.96. The van der Waals surface area contributed by atoms with Crippen molar-refractivity contribution in [2.75, 3.05) is 18.6 Å². The third kappa shape index (κ3) is 1.78. The molecule has 1 fully saturated rings. The van der Waals surface area contributed by atoms with Crippen LogP contribution < -0.4 is 15.4 Å². The molecule has 0 bridgehead atoms. The van der Waals surface area contributed by atoms with Gasteiger partial charge in [-0.25, -0.2) is 0 Å². The quantitative estimate of drug-likeness (QED) is 0.903. The van der Waals surface area contributed by atoms with Crippen molar-refractivity contribution in [3.63, 3.8) is 0 Å². The maximum absolute atomic E-state index is 6.17. The van der Waals surface area contributed by atoms with Crippen molar-refractivity contribution >= 4 is 11.6 Å². The van der Waals surface area contributed by atoms with E-state index in [0.717, 1.165) is 24.4 Å². The Kier molecular flexibility index (Phi) is 2.88. The Hall–Kier alpha value is -1.71. The Balaban J connectivity index is 2.07. The standard InChI is InChI=1S/C15H21N3O/c1-3-15(11-8-9-11)10-17-14(16)18(15)12-6-4-5-7-13(12)19-2/h4-7,11H,3,8-10H2,1-2H3,(H2,16,17). The van der Waals surface area contributed by atoms with E-state index in [-0.39, 0.29) is 5.54 Å². The van der Waals surface area contributed by atoms with Crippen LogP contribution in [-0.2, 0) is 0 Å². The first kappa shape index (κ1) is 12.3. The van der Waals surface area contributed by atoms with Crippen LogP contribution in [0.3, 0.4) is 0 Å². The van der Waals surface area contributed by atoms with E-state index in [1.807, 2.05) is 18.2 Å². The van der Waals surface area contributed by atoms with Crippen LogP contribution in [0.1, 0.15) is 26.2 Å². The number of ether oxygens (including phenoxy) is 1. The molecule has 2 N–H and O–H groups in total. The molecule has 1 unspecified atom stereocenters. The van der Waals surface area contributed by atoms with Crippen molar-refractivity contribution in [2.24, 2.45) is 16.6 Å². The van der Waals surface area contributed by atoms with E-state index >= 15 is 0 Å². The van der Waals surface area contributed by atoms with Gasteiger partial charge in [-0.3, -0.25) is 4.99 Å². The molecule has 1 atom stereocenters. The second-order valence-electron chi connectivity index (χ2n) is 5.41. The summed E-state index contributed by atoms with van der Waals surface area (Å²) in [5.41, 5.74) is 7.27. The summed E-state index contributed by atoms with van der Waals surface area (Å²) in [6.45, 7) is 3.03. The molecule has 3 rings (SSSR count). The summed E-state index contributed by atoms with van der Waals surface area (Å²) in [6.07, 6.45) is 3.62. The number of hydrogen-bond acceptors (Lipinski definition) is 4. The topological polar surface area (TPSA) is 50.8 Å². The van der Waals surface area contributed by atoms with Gasteiger partial charge in [0.2, 0.25) is 0 Å². The molecule has 1 aliphatic heterocycles. The van der Waals surface area contributed by atoms with Gasteiger partial charge in [0.15, 0.2) is 5.96 Å². The highest BCUT2D eigenvalue weighted by molar-refractivity contribution is 5.99. The molecule has 0 spiro atoms. The molecule has 4 heteroatoms. The Morgan fingerprint density at radius 3 is 2.79 bits per heavy atom. The van der Waals surface area contributed by atoms with Gasteiger partial charge in [0.05, 0.1) is 24.9 Å². The van der Waals surface area contributed by atoms with Crippen molar-refractivity contribution in [3.05, 3.63) is 24.3 Å². The smallest absolute Gasteiger partial charge is 0.196 e.